The predicted molar refractivity (Wildman–Crippen MR) is 69.6 cm³/mol. The first kappa shape index (κ1) is 16.1. The number of hydrogen-bond donors (Lipinski definition) is 2. The fourth-order valence-electron chi connectivity index (χ4n) is 1.74. The molecule has 0 saturated carbocycles. The molecular weight excluding hydrogens is 317 g/mol. The fourth-order valence-corrected chi connectivity index (χ4v) is 4.70. The van der Waals surface area contributed by atoms with Crippen LogP contribution in [0.25, 0.3) is 0 Å². The van der Waals surface area contributed by atoms with Crippen LogP contribution in [0.1, 0.15) is 31.4 Å². The Kier molecular flexibility index (Phi) is 6.46. The number of aliphatic hydroxyl groups excluding tert-OH is 1. The average molecular weight is 334 g/mol. The summed E-state index contributed by atoms with van der Waals surface area (Å²) in [5.74, 6) is -2.32. The van der Waals surface area contributed by atoms with Crippen molar-refractivity contribution >= 4 is 21.7 Å². The van der Waals surface area contributed by atoms with E-state index < -0.39 is 44.2 Å². The zero-order valence-electron chi connectivity index (χ0n) is 10.6. The summed E-state index contributed by atoms with van der Waals surface area (Å²) in [5, 5.41) is 19.2. The monoisotopic (exact) mass is 334 g/mol. The number of hydrogen-bond acceptors (Lipinski definition) is 2. The van der Waals surface area contributed by atoms with Crippen molar-refractivity contribution in [1.82, 2.24) is 0 Å². The number of carbonyl (C=O) groups is 1. The van der Waals surface area contributed by atoms with Crippen molar-refractivity contribution in [3.8, 4) is 0 Å². The topological polar surface area (TPSA) is 57.5 Å². The molecular formula is C13H17AsF2O3. The van der Waals surface area contributed by atoms with Crippen LogP contribution in [-0.4, -0.2) is 31.9 Å². The van der Waals surface area contributed by atoms with Gasteiger partial charge < -0.3 is 0 Å². The first-order chi connectivity index (χ1) is 8.93. The third-order valence-corrected chi connectivity index (χ3v) is 6.17. The molecule has 0 fully saturated rings. The van der Waals surface area contributed by atoms with E-state index in [1.54, 1.807) is 0 Å². The van der Waals surface area contributed by atoms with Crippen LogP contribution in [0.4, 0.5) is 8.78 Å². The van der Waals surface area contributed by atoms with Gasteiger partial charge in [-0.3, -0.25) is 0 Å². The molecule has 0 radical (unpaired) electrons. The standard InChI is InChI=1S/C13H17AsF2O3/c1-2-3-11(13(18)19)14-7-12(17)8-4-9(15)6-10(16)5-8/h4-6,11-12,14,17H,2-3,7H2,1H3,(H,18,19)/t11-,12?/m0/s1. The minimum atomic E-state index is -0.996. The Hall–Kier alpha value is -0.932. The van der Waals surface area contributed by atoms with E-state index in [1.165, 1.54) is 0 Å². The molecule has 3 nitrogen and oxygen atoms in total. The Bertz CT molecular complexity index is 420. The van der Waals surface area contributed by atoms with Gasteiger partial charge in [0.05, 0.1) is 0 Å². The Morgan fingerprint density at radius 2 is 1.89 bits per heavy atom. The van der Waals surface area contributed by atoms with Crippen molar-refractivity contribution in [2.45, 2.75) is 35.8 Å². The van der Waals surface area contributed by atoms with Crippen molar-refractivity contribution in [3.63, 3.8) is 0 Å². The van der Waals surface area contributed by atoms with Gasteiger partial charge in [0, 0.05) is 0 Å². The van der Waals surface area contributed by atoms with Gasteiger partial charge in [-0.1, -0.05) is 0 Å². The Morgan fingerprint density at radius 1 is 1.32 bits per heavy atom. The molecule has 1 aromatic carbocycles. The number of aliphatic hydroxyl groups is 1. The molecule has 1 aromatic rings. The maximum atomic E-state index is 13.0. The average Bonchev–Trinajstić information content (AvgIpc) is 2.32. The molecule has 0 aliphatic heterocycles. The van der Waals surface area contributed by atoms with Gasteiger partial charge in [0.1, 0.15) is 0 Å². The molecule has 0 saturated heterocycles. The molecule has 1 rings (SSSR count). The van der Waals surface area contributed by atoms with Crippen LogP contribution in [-0.2, 0) is 4.79 Å². The summed E-state index contributed by atoms with van der Waals surface area (Å²) in [6.07, 6.45) is 0.356. The third-order valence-electron chi connectivity index (χ3n) is 2.70. The normalized spacial score (nSPS) is 14.7. The van der Waals surface area contributed by atoms with Gasteiger partial charge in [0.2, 0.25) is 0 Å². The number of aliphatic carboxylic acids is 1. The van der Waals surface area contributed by atoms with Crippen molar-refractivity contribution in [1.29, 1.82) is 0 Å². The van der Waals surface area contributed by atoms with Crippen molar-refractivity contribution in [2.24, 2.45) is 0 Å². The van der Waals surface area contributed by atoms with E-state index in [4.69, 9.17) is 5.11 Å². The van der Waals surface area contributed by atoms with E-state index in [2.05, 4.69) is 0 Å². The summed E-state index contributed by atoms with van der Waals surface area (Å²) in [6, 6.07) is 2.90. The van der Waals surface area contributed by atoms with Gasteiger partial charge in [0.15, 0.2) is 0 Å². The molecule has 0 aromatic heterocycles. The first-order valence-electron chi connectivity index (χ1n) is 6.04. The van der Waals surface area contributed by atoms with Crippen LogP contribution in [0, 0.1) is 11.6 Å². The molecule has 3 atom stereocenters. The zero-order valence-corrected chi connectivity index (χ0v) is 12.7. The molecule has 2 unspecified atom stereocenters. The Balaban J connectivity index is 2.63. The van der Waals surface area contributed by atoms with Crippen LogP contribution in [0.2, 0.25) is 9.91 Å². The molecule has 19 heavy (non-hydrogen) atoms. The number of benzene rings is 1. The summed E-state index contributed by atoms with van der Waals surface area (Å²) >= 11 is -0.911. The number of rotatable bonds is 7. The van der Waals surface area contributed by atoms with E-state index in [9.17, 15) is 18.7 Å². The predicted octanol–water partition coefficient (Wildman–Crippen LogP) is 2.53. The summed E-state index contributed by atoms with van der Waals surface area (Å²) in [6.45, 7) is 1.90. The third kappa shape index (κ3) is 5.29. The molecule has 0 heterocycles. The molecule has 0 aliphatic rings. The molecule has 6 heteroatoms. The molecule has 0 amide bonds. The van der Waals surface area contributed by atoms with Crippen LogP contribution < -0.4 is 0 Å². The summed E-state index contributed by atoms with van der Waals surface area (Å²) < 4.78 is 25.6. The molecule has 0 spiro atoms. The van der Waals surface area contributed by atoms with Crippen LogP contribution in [0.5, 0.6) is 0 Å². The second kappa shape index (κ2) is 7.61. The van der Waals surface area contributed by atoms with Crippen molar-refractivity contribution in [3.05, 3.63) is 35.4 Å². The molecule has 0 bridgehead atoms. The minimum absolute atomic E-state index is 0.168. The first-order valence-corrected chi connectivity index (χ1v) is 8.73. The second-order valence-electron chi connectivity index (χ2n) is 4.31. The van der Waals surface area contributed by atoms with Crippen molar-refractivity contribution in [2.75, 3.05) is 0 Å². The fraction of sp³-hybridized carbons (Fsp3) is 0.462. The molecule has 0 aliphatic carbocycles. The van der Waals surface area contributed by atoms with Gasteiger partial charge in [-0.05, 0) is 0 Å². The van der Waals surface area contributed by atoms with E-state index in [-0.39, 0.29) is 5.56 Å². The second-order valence-corrected chi connectivity index (χ2v) is 7.48. The summed E-state index contributed by atoms with van der Waals surface area (Å²) in [4.78, 5) is 11.0. The van der Waals surface area contributed by atoms with Gasteiger partial charge in [-0.25, -0.2) is 0 Å². The summed E-state index contributed by atoms with van der Waals surface area (Å²) in [7, 11) is 0. The Morgan fingerprint density at radius 3 is 2.37 bits per heavy atom. The van der Waals surface area contributed by atoms with Crippen LogP contribution in [0.3, 0.4) is 0 Å². The van der Waals surface area contributed by atoms with E-state index >= 15 is 0 Å². The van der Waals surface area contributed by atoms with Crippen LogP contribution in [0.15, 0.2) is 18.2 Å². The van der Waals surface area contributed by atoms with Gasteiger partial charge in [0.25, 0.3) is 0 Å². The number of halogens is 2. The van der Waals surface area contributed by atoms with E-state index in [0.29, 0.717) is 11.6 Å². The number of carboxylic acid groups (broad SMARTS) is 1. The summed E-state index contributed by atoms with van der Waals surface area (Å²) in [5.41, 5.74) is 0.168. The molecule has 2 N–H and O–H groups in total. The number of carboxylic acids is 1. The SMILES string of the molecule is CCC[C@H]([AsH]CC(O)c1cc(F)cc(F)c1)C(=O)O. The van der Waals surface area contributed by atoms with Gasteiger partial charge >= 0.3 is 117 Å². The maximum absolute atomic E-state index is 13.0. The molecule has 106 valence electrons. The Labute approximate surface area is 117 Å². The van der Waals surface area contributed by atoms with E-state index in [0.717, 1.165) is 24.6 Å². The van der Waals surface area contributed by atoms with Crippen molar-refractivity contribution < 1.29 is 23.8 Å². The quantitative estimate of drug-likeness (QED) is 0.754. The zero-order chi connectivity index (χ0) is 14.4. The van der Waals surface area contributed by atoms with Gasteiger partial charge in [-0.2, -0.15) is 0 Å². The van der Waals surface area contributed by atoms with Crippen LogP contribution >= 0.6 is 0 Å². The van der Waals surface area contributed by atoms with E-state index in [1.807, 2.05) is 6.92 Å². The van der Waals surface area contributed by atoms with Gasteiger partial charge in [-0.15, -0.1) is 0 Å².